The maximum atomic E-state index is 14.9. The highest BCUT2D eigenvalue weighted by Gasteiger charge is 2.19. The molecule has 0 atom stereocenters. The first-order valence-electron chi connectivity index (χ1n) is 9.57. The van der Waals surface area contributed by atoms with Crippen LogP contribution < -0.4 is 0 Å². The second-order valence-electron chi connectivity index (χ2n) is 7.36. The van der Waals surface area contributed by atoms with Crippen molar-refractivity contribution in [1.29, 1.82) is 0 Å². The van der Waals surface area contributed by atoms with Crippen LogP contribution in [0, 0.1) is 41.8 Å². The Morgan fingerprint density at radius 3 is 1.87 bits per heavy atom. The summed E-state index contributed by atoms with van der Waals surface area (Å²) >= 11 is 0. The lowest BCUT2D eigenvalue weighted by Gasteiger charge is -2.13. The number of halogens is 6. The summed E-state index contributed by atoms with van der Waals surface area (Å²) in [5.74, 6) is -6.90. The Balaban J connectivity index is 1.86. The highest BCUT2D eigenvalue weighted by molar-refractivity contribution is 5.88. The molecule has 6 heteroatoms. The quantitative estimate of drug-likeness (QED) is 0.229. The van der Waals surface area contributed by atoms with Gasteiger partial charge in [0, 0.05) is 10.9 Å². The lowest BCUT2D eigenvalue weighted by atomic mass is 9.93. The average molecular weight is 430 g/mol. The van der Waals surface area contributed by atoms with E-state index in [1.165, 1.54) is 18.2 Å². The number of fused-ring (bicyclic) bond motifs is 1. The largest absolute Gasteiger partial charge is 0.206 e. The molecule has 0 N–H and O–H groups in total. The predicted molar refractivity (Wildman–Crippen MR) is 109 cm³/mol. The molecule has 0 nitrogen and oxygen atoms in total. The van der Waals surface area contributed by atoms with Crippen LogP contribution in [0.4, 0.5) is 26.3 Å². The van der Waals surface area contributed by atoms with Crippen molar-refractivity contribution in [2.75, 3.05) is 0 Å². The van der Waals surface area contributed by atoms with E-state index < -0.39 is 40.5 Å². The van der Waals surface area contributed by atoms with Crippen molar-refractivity contribution in [2.45, 2.75) is 20.3 Å². The molecule has 31 heavy (non-hydrogen) atoms. The summed E-state index contributed by atoms with van der Waals surface area (Å²) in [5, 5.41) is -0.261. The predicted octanol–water partition coefficient (Wildman–Crippen LogP) is 7.88. The molecular weight excluding hydrogens is 414 g/mol. The summed E-state index contributed by atoms with van der Waals surface area (Å²) in [6.45, 7) is 3.53. The normalized spacial score (nSPS) is 11.4. The lowest BCUT2D eigenvalue weighted by Crippen LogP contribution is -1.97. The molecule has 0 radical (unpaired) electrons. The second-order valence-corrected chi connectivity index (χ2v) is 7.36. The maximum Gasteiger partial charge on any atom is 0.195 e. The molecule has 158 valence electrons. The average Bonchev–Trinajstić information content (AvgIpc) is 2.71. The zero-order chi connectivity index (χ0) is 22.4. The van der Waals surface area contributed by atoms with E-state index in [4.69, 9.17) is 0 Å². The molecule has 0 saturated heterocycles. The van der Waals surface area contributed by atoms with Crippen LogP contribution in [0.3, 0.4) is 0 Å². The first-order valence-corrected chi connectivity index (χ1v) is 9.57. The van der Waals surface area contributed by atoms with Crippen LogP contribution in [-0.2, 0) is 6.42 Å². The van der Waals surface area contributed by atoms with Gasteiger partial charge in [-0.1, -0.05) is 25.1 Å². The number of rotatable bonds is 3. The molecule has 4 rings (SSSR count). The van der Waals surface area contributed by atoms with Crippen LogP contribution in [-0.4, -0.2) is 0 Å². The lowest BCUT2D eigenvalue weighted by molar-refractivity contribution is 0.453. The van der Waals surface area contributed by atoms with Crippen molar-refractivity contribution in [1.82, 2.24) is 0 Å². The summed E-state index contributed by atoms with van der Waals surface area (Å²) in [5.41, 5.74) is 1.03. The maximum absolute atomic E-state index is 14.9. The number of hydrogen-bond donors (Lipinski definition) is 0. The van der Waals surface area contributed by atoms with Gasteiger partial charge in [0.2, 0.25) is 0 Å². The van der Waals surface area contributed by atoms with E-state index in [0.29, 0.717) is 12.0 Å². The Bertz CT molecular complexity index is 1290. The van der Waals surface area contributed by atoms with Gasteiger partial charge in [0.05, 0.1) is 5.56 Å². The molecule has 0 fully saturated rings. The van der Waals surface area contributed by atoms with Gasteiger partial charge >= 0.3 is 0 Å². The molecule has 0 aliphatic carbocycles. The zero-order valence-electron chi connectivity index (χ0n) is 16.6. The molecule has 0 aromatic heterocycles. The monoisotopic (exact) mass is 430 g/mol. The first-order chi connectivity index (χ1) is 14.7. The SMILES string of the molecule is CCc1cc(C)c(-c2cc(F)c(-c3ccc4c(F)c(F)c(F)cc4c3)c(F)c2)c(F)c1. The molecule has 0 aliphatic rings. The summed E-state index contributed by atoms with van der Waals surface area (Å²) in [6, 6.07) is 9.40. The Morgan fingerprint density at radius 2 is 1.26 bits per heavy atom. The molecule has 0 aliphatic heterocycles. The number of hydrogen-bond acceptors (Lipinski definition) is 0. The molecule has 4 aromatic rings. The van der Waals surface area contributed by atoms with Gasteiger partial charge in [-0.2, -0.15) is 0 Å². The van der Waals surface area contributed by atoms with E-state index >= 15 is 0 Å². The van der Waals surface area contributed by atoms with E-state index in [1.54, 1.807) is 13.0 Å². The summed E-state index contributed by atoms with van der Waals surface area (Å²) in [7, 11) is 0. The van der Waals surface area contributed by atoms with Crippen LogP contribution in [0.15, 0.2) is 48.5 Å². The Kier molecular flexibility index (Phi) is 5.25. The van der Waals surface area contributed by atoms with Crippen LogP contribution in [0.1, 0.15) is 18.1 Å². The minimum absolute atomic E-state index is 0.0120. The fourth-order valence-corrected chi connectivity index (χ4v) is 3.84. The number of aryl methyl sites for hydroxylation is 2. The number of benzene rings is 4. The molecular formula is C25H16F6. The first kappa shape index (κ1) is 21.0. The summed E-state index contributed by atoms with van der Waals surface area (Å²) < 4.78 is 85.4. The van der Waals surface area contributed by atoms with E-state index in [2.05, 4.69) is 0 Å². The van der Waals surface area contributed by atoms with Crippen molar-refractivity contribution in [2.24, 2.45) is 0 Å². The fourth-order valence-electron chi connectivity index (χ4n) is 3.84. The third-order valence-corrected chi connectivity index (χ3v) is 5.35. The fraction of sp³-hybridized carbons (Fsp3) is 0.120. The van der Waals surface area contributed by atoms with Crippen molar-refractivity contribution in [3.63, 3.8) is 0 Å². The van der Waals surface area contributed by atoms with Gasteiger partial charge in [-0.25, -0.2) is 26.3 Å². The molecule has 0 heterocycles. The van der Waals surface area contributed by atoms with Gasteiger partial charge in [-0.15, -0.1) is 0 Å². The highest BCUT2D eigenvalue weighted by Crippen LogP contribution is 2.36. The van der Waals surface area contributed by atoms with E-state index in [9.17, 15) is 26.3 Å². The standard InChI is InChI=1S/C25H16F6/c1-3-13-6-12(2)22(18(26)7-13)16-10-19(27)23(20(28)11-16)14-4-5-17-15(8-14)9-21(29)25(31)24(17)30/h4-11H,3H2,1-2H3. The van der Waals surface area contributed by atoms with E-state index in [-0.39, 0.29) is 27.5 Å². The third-order valence-electron chi connectivity index (χ3n) is 5.35. The Labute approximate surface area is 174 Å². The van der Waals surface area contributed by atoms with E-state index in [1.807, 2.05) is 6.92 Å². The molecule has 0 spiro atoms. The van der Waals surface area contributed by atoms with Crippen LogP contribution in [0.25, 0.3) is 33.0 Å². The third kappa shape index (κ3) is 3.56. The van der Waals surface area contributed by atoms with Gasteiger partial charge in [0.15, 0.2) is 17.5 Å². The van der Waals surface area contributed by atoms with E-state index in [0.717, 1.165) is 29.8 Å². The van der Waals surface area contributed by atoms with Gasteiger partial charge in [0.25, 0.3) is 0 Å². The van der Waals surface area contributed by atoms with Crippen LogP contribution in [0.5, 0.6) is 0 Å². The van der Waals surface area contributed by atoms with Gasteiger partial charge in [0.1, 0.15) is 17.5 Å². The smallest absolute Gasteiger partial charge is 0.195 e. The molecule has 0 amide bonds. The minimum atomic E-state index is -1.62. The van der Waals surface area contributed by atoms with Crippen molar-refractivity contribution >= 4 is 10.8 Å². The molecule has 0 bridgehead atoms. The van der Waals surface area contributed by atoms with Crippen molar-refractivity contribution in [3.05, 3.63) is 94.6 Å². The second kappa shape index (κ2) is 7.76. The summed E-state index contributed by atoms with van der Waals surface area (Å²) in [6.07, 6.45) is 0.618. The van der Waals surface area contributed by atoms with Gasteiger partial charge < -0.3 is 0 Å². The zero-order valence-corrected chi connectivity index (χ0v) is 16.6. The molecule has 4 aromatic carbocycles. The Hall–Kier alpha value is -3.28. The highest BCUT2D eigenvalue weighted by atomic mass is 19.2. The molecule has 0 unspecified atom stereocenters. The molecule has 0 saturated carbocycles. The van der Waals surface area contributed by atoms with Crippen molar-refractivity contribution < 1.29 is 26.3 Å². The summed E-state index contributed by atoms with van der Waals surface area (Å²) in [4.78, 5) is 0. The Morgan fingerprint density at radius 1 is 0.613 bits per heavy atom. The van der Waals surface area contributed by atoms with Crippen LogP contribution >= 0.6 is 0 Å². The van der Waals surface area contributed by atoms with Gasteiger partial charge in [-0.3, -0.25) is 0 Å². The minimum Gasteiger partial charge on any atom is -0.206 e. The van der Waals surface area contributed by atoms with Gasteiger partial charge in [-0.05, 0) is 71.3 Å². The van der Waals surface area contributed by atoms with Crippen LogP contribution in [0.2, 0.25) is 0 Å². The topological polar surface area (TPSA) is 0 Å². The van der Waals surface area contributed by atoms with Crippen molar-refractivity contribution in [3.8, 4) is 22.3 Å².